The topological polar surface area (TPSA) is 26.3 Å². The molecule has 22 heavy (non-hydrogen) atoms. The van der Waals surface area contributed by atoms with Gasteiger partial charge in [0.25, 0.3) is 0 Å². The summed E-state index contributed by atoms with van der Waals surface area (Å²) in [4.78, 5) is 12.7. The maximum Gasteiger partial charge on any atom is 0.147 e. The van der Waals surface area contributed by atoms with Crippen molar-refractivity contribution in [3.63, 3.8) is 0 Å². The molecule has 1 aliphatic carbocycles. The minimum Gasteiger partial charge on any atom is -0.497 e. The van der Waals surface area contributed by atoms with Crippen molar-refractivity contribution in [3.05, 3.63) is 72.0 Å². The molecule has 2 heteroatoms. The molecule has 1 saturated carbocycles. The minimum atomic E-state index is -0.481. The quantitative estimate of drug-likeness (QED) is 0.580. The van der Waals surface area contributed by atoms with Crippen molar-refractivity contribution in [1.29, 1.82) is 0 Å². The number of carbonyl (C=O) groups is 1. The van der Waals surface area contributed by atoms with Crippen LogP contribution >= 0.6 is 0 Å². The number of ether oxygens (including phenoxy) is 1. The molecule has 0 amide bonds. The van der Waals surface area contributed by atoms with Gasteiger partial charge in [-0.15, -0.1) is 0 Å². The average Bonchev–Trinajstić information content (AvgIpc) is 2.56. The zero-order chi connectivity index (χ0) is 15.8. The lowest BCUT2D eigenvalue weighted by Crippen LogP contribution is -2.36. The van der Waals surface area contributed by atoms with Crippen molar-refractivity contribution in [3.8, 4) is 0 Å². The number of rotatable bonds is 5. The van der Waals surface area contributed by atoms with Crippen LogP contribution in [-0.2, 0) is 14.9 Å². The summed E-state index contributed by atoms with van der Waals surface area (Å²) in [7, 11) is 1.65. The largest absolute Gasteiger partial charge is 0.497 e. The smallest absolute Gasteiger partial charge is 0.147 e. The monoisotopic (exact) mass is 296 g/mol. The first-order valence-electron chi connectivity index (χ1n) is 7.88. The van der Waals surface area contributed by atoms with Crippen LogP contribution in [0.4, 0.5) is 0 Å². The van der Waals surface area contributed by atoms with Crippen LogP contribution in [0.15, 0.2) is 66.5 Å². The highest BCUT2D eigenvalue weighted by Crippen LogP contribution is 2.38. The van der Waals surface area contributed by atoms with Crippen LogP contribution < -0.4 is 0 Å². The Kier molecular flexibility index (Phi) is 5.76. The fourth-order valence-corrected chi connectivity index (χ4v) is 3.03. The molecule has 0 radical (unpaired) electrons. The van der Waals surface area contributed by atoms with Gasteiger partial charge in [0, 0.05) is 6.42 Å². The molecule has 0 saturated heterocycles. The van der Waals surface area contributed by atoms with Gasteiger partial charge in [0.2, 0.25) is 0 Å². The second kappa shape index (κ2) is 7.79. The molecule has 0 aliphatic heterocycles. The second-order valence-corrected chi connectivity index (χ2v) is 5.60. The summed E-state index contributed by atoms with van der Waals surface area (Å²) in [5, 5.41) is 0. The standard InChI is InChI=1S/C20H24O2/c1-3-10-18(22-2)13-9-16-20(15-8-7-14-19(20)21)17-11-5-4-6-12-17/h3-6,9-13,16H,7-8,14-15H2,1-2H3/b10-3-,16-9+,18-13+. The Morgan fingerprint density at radius 3 is 2.64 bits per heavy atom. The Bertz CT molecular complexity index is 581. The maximum atomic E-state index is 12.7. The molecule has 1 fully saturated rings. The number of carbonyl (C=O) groups excluding carboxylic acids is 1. The van der Waals surface area contributed by atoms with Gasteiger partial charge in [-0.1, -0.05) is 55.0 Å². The van der Waals surface area contributed by atoms with Gasteiger partial charge in [-0.3, -0.25) is 4.79 Å². The number of ketones is 1. The SMILES string of the molecule is C\C=C/C(=C\C=C\C1(c2ccccc2)CCCCC1=O)OC. The lowest BCUT2D eigenvalue weighted by Gasteiger charge is -2.33. The van der Waals surface area contributed by atoms with Gasteiger partial charge in [0.05, 0.1) is 12.5 Å². The Labute approximate surface area is 133 Å². The lowest BCUT2D eigenvalue weighted by atomic mass is 9.68. The average molecular weight is 296 g/mol. The van der Waals surface area contributed by atoms with E-state index in [-0.39, 0.29) is 0 Å². The summed E-state index contributed by atoms with van der Waals surface area (Å²) >= 11 is 0. The normalized spacial score (nSPS) is 23.4. The maximum absolute atomic E-state index is 12.7. The summed E-state index contributed by atoms with van der Waals surface area (Å²) in [6, 6.07) is 10.1. The van der Waals surface area contributed by atoms with Gasteiger partial charge in [-0.05, 0) is 37.5 Å². The van der Waals surface area contributed by atoms with Crippen molar-refractivity contribution in [2.45, 2.75) is 38.0 Å². The zero-order valence-corrected chi connectivity index (χ0v) is 13.4. The van der Waals surface area contributed by atoms with Crippen LogP contribution in [-0.4, -0.2) is 12.9 Å². The molecule has 2 rings (SSSR count). The molecule has 0 aromatic heterocycles. The Morgan fingerprint density at radius 1 is 1.23 bits per heavy atom. The molecule has 0 N–H and O–H groups in total. The highest BCUT2D eigenvalue weighted by molar-refractivity contribution is 5.93. The highest BCUT2D eigenvalue weighted by Gasteiger charge is 2.38. The van der Waals surface area contributed by atoms with E-state index >= 15 is 0 Å². The van der Waals surface area contributed by atoms with Crippen molar-refractivity contribution < 1.29 is 9.53 Å². The summed E-state index contributed by atoms with van der Waals surface area (Å²) < 4.78 is 5.28. The summed E-state index contributed by atoms with van der Waals surface area (Å²) in [5.41, 5.74) is 0.611. The predicted molar refractivity (Wildman–Crippen MR) is 90.6 cm³/mol. The van der Waals surface area contributed by atoms with E-state index in [0.717, 1.165) is 30.6 Å². The fraction of sp³-hybridized carbons (Fsp3) is 0.350. The van der Waals surface area contributed by atoms with Gasteiger partial charge in [0.15, 0.2) is 0 Å². The van der Waals surface area contributed by atoms with E-state index in [1.54, 1.807) is 7.11 Å². The van der Waals surface area contributed by atoms with E-state index in [1.807, 2.05) is 55.5 Å². The van der Waals surface area contributed by atoms with E-state index in [0.29, 0.717) is 12.2 Å². The minimum absolute atomic E-state index is 0.319. The van der Waals surface area contributed by atoms with Crippen molar-refractivity contribution in [2.24, 2.45) is 0 Å². The predicted octanol–water partition coefficient (Wildman–Crippen LogP) is 4.73. The Hall–Kier alpha value is -2.09. The first-order chi connectivity index (χ1) is 10.7. The van der Waals surface area contributed by atoms with E-state index in [9.17, 15) is 4.79 Å². The molecule has 1 atom stereocenters. The molecular weight excluding hydrogens is 272 g/mol. The third-order valence-corrected chi connectivity index (χ3v) is 4.22. The number of hydrogen-bond donors (Lipinski definition) is 0. The summed E-state index contributed by atoms with van der Waals surface area (Å²) in [6.07, 6.45) is 13.4. The van der Waals surface area contributed by atoms with Crippen LogP contribution in [0.25, 0.3) is 0 Å². The highest BCUT2D eigenvalue weighted by atomic mass is 16.5. The van der Waals surface area contributed by atoms with Crippen LogP contribution in [0.5, 0.6) is 0 Å². The molecule has 1 aromatic carbocycles. The lowest BCUT2D eigenvalue weighted by molar-refractivity contribution is -0.124. The number of benzene rings is 1. The van der Waals surface area contributed by atoms with E-state index in [1.165, 1.54) is 0 Å². The molecule has 1 unspecified atom stereocenters. The summed E-state index contributed by atoms with van der Waals surface area (Å²) in [6.45, 7) is 1.95. The van der Waals surface area contributed by atoms with E-state index < -0.39 is 5.41 Å². The first kappa shape index (κ1) is 16.3. The van der Waals surface area contributed by atoms with Gasteiger partial charge in [0.1, 0.15) is 11.5 Å². The second-order valence-electron chi connectivity index (χ2n) is 5.60. The number of Topliss-reactive ketones (excluding diaryl/α,β-unsaturated/α-hetero) is 1. The Morgan fingerprint density at radius 2 is 2.00 bits per heavy atom. The molecule has 0 bridgehead atoms. The van der Waals surface area contributed by atoms with Crippen molar-refractivity contribution >= 4 is 5.78 Å². The van der Waals surface area contributed by atoms with Gasteiger partial charge < -0.3 is 4.74 Å². The van der Waals surface area contributed by atoms with E-state index in [4.69, 9.17) is 4.74 Å². The Balaban J connectivity index is 2.36. The molecule has 0 heterocycles. The fourth-order valence-electron chi connectivity index (χ4n) is 3.03. The molecule has 2 nitrogen and oxygen atoms in total. The van der Waals surface area contributed by atoms with Crippen LogP contribution in [0, 0.1) is 0 Å². The molecule has 1 aromatic rings. The first-order valence-corrected chi connectivity index (χ1v) is 7.88. The van der Waals surface area contributed by atoms with Crippen LogP contribution in [0.3, 0.4) is 0 Å². The number of methoxy groups -OCH3 is 1. The van der Waals surface area contributed by atoms with E-state index in [2.05, 4.69) is 12.1 Å². The van der Waals surface area contributed by atoms with Crippen molar-refractivity contribution in [1.82, 2.24) is 0 Å². The molecule has 1 aliphatic rings. The van der Waals surface area contributed by atoms with Crippen LogP contribution in [0.1, 0.15) is 38.2 Å². The zero-order valence-electron chi connectivity index (χ0n) is 13.4. The van der Waals surface area contributed by atoms with Gasteiger partial charge in [-0.2, -0.15) is 0 Å². The summed E-state index contributed by atoms with van der Waals surface area (Å²) in [5.74, 6) is 1.10. The van der Waals surface area contributed by atoms with Crippen molar-refractivity contribution in [2.75, 3.05) is 7.11 Å². The van der Waals surface area contributed by atoms with Gasteiger partial charge >= 0.3 is 0 Å². The molecule has 0 spiro atoms. The molecular formula is C20H24O2. The number of allylic oxidation sites excluding steroid dienone is 5. The number of hydrogen-bond acceptors (Lipinski definition) is 2. The van der Waals surface area contributed by atoms with Gasteiger partial charge in [-0.25, -0.2) is 0 Å². The molecule has 116 valence electrons. The third kappa shape index (κ3) is 3.56. The third-order valence-electron chi connectivity index (χ3n) is 4.22. The van der Waals surface area contributed by atoms with Crippen LogP contribution in [0.2, 0.25) is 0 Å².